The summed E-state index contributed by atoms with van der Waals surface area (Å²) in [6, 6.07) is 6.85. The number of fused-ring (bicyclic) bond motifs is 1. The Morgan fingerprint density at radius 2 is 2.17 bits per heavy atom. The van der Waals surface area contributed by atoms with Crippen molar-refractivity contribution in [1.29, 1.82) is 0 Å². The van der Waals surface area contributed by atoms with Gasteiger partial charge in [-0.05, 0) is 43.0 Å². The van der Waals surface area contributed by atoms with E-state index in [2.05, 4.69) is 11.9 Å². The van der Waals surface area contributed by atoms with E-state index in [4.69, 9.17) is 4.74 Å². The molecule has 1 N–H and O–H groups in total. The lowest BCUT2D eigenvalue weighted by atomic mass is 10.2. The molecule has 1 aliphatic carbocycles. The Hall–Kier alpha value is -1.86. The summed E-state index contributed by atoms with van der Waals surface area (Å²) in [5.74, 6) is 0.156. The van der Waals surface area contributed by atoms with E-state index in [0.717, 1.165) is 6.42 Å². The number of hydrogen-bond acceptors (Lipinski definition) is 4. The number of carbonyl (C=O) groups is 1. The Balaban J connectivity index is 1.74. The minimum absolute atomic E-state index is 0.0705. The van der Waals surface area contributed by atoms with E-state index in [1.165, 1.54) is 11.4 Å². The van der Waals surface area contributed by atoms with Gasteiger partial charge in [0.05, 0.1) is 0 Å². The number of benzene rings is 1. The quantitative estimate of drug-likeness (QED) is 0.829. The predicted molar refractivity (Wildman–Crippen MR) is 87.8 cm³/mol. The van der Waals surface area contributed by atoms with Crippen molar-refractivity contribution < 1.29 is 17.9 Å². The second-order valence-electron chi connectivity index (χ2n) is 5.98. The molecule has 0 unspecified atom stereocenters. The van der Waals surface area contributed by atoms with Gasteiger partial charge in [0.2, 0.25) is 15.9 Å². The Bertz CT molecular complexity index is 729. The normalized spacial score (nSPS) is 28.5. The second-order valence-corrected chi connectivity index (χ2v) is 8.29. The van der Waals surface area contributed by atoms with Crippen LogP contribution in [0.1, 0.15) is 12.8 Å². The molecule has 2 fully saturated rings. The van der Waals surface area contributed by atoms with Crippen molar-refractivity contribution in [2.75, 3.05) is 25.5 Å². The van der Waals surface area contributed by atoms with Gasteiger partial charge in [-0.15, -0.1) is 0 Å². The number of anilines is 1. The summed E-state index contributed by atoms with van der Waals surface area (Å²) >= 11 is 0. The molecule has 124 valence electrons. The highest BCUT2D eigenvalue weighted by atomic mass is 32.2. The first-order chi connectivity index (χ1) is 10.9. The lowest BCUT2D eigenvalue weighted by Gasteiger charge is -2.28. The van der Waals surface area contributed by atoms with Crippen molar-refractivity contribution in [2.45, 2.75) is 17.6 Å². The summed E-state index contributed by atoms with van der Waals surface area (Å²) in [5.41, 5.74) is 0.560. The van der Waals surface area contributed by atoms with Gasteiger partial charge in [-0.1, -0.05) is 12.7 Å². The minimum Gasteiger partial charge on any atom is -0.490 e. The van der Waals surface area contributed by atoms with Crippen molar-refractivity contribution in [3.63, 3.8) is 0 Å². The van der Waals surface area contributed by atoms with Crippen LogP contribution in [0.25, 0.3) is 0 Å². The van der Waals surface area contributed by atoms with Crippen molar-refractivity contribution in [1.82, 2.24) is 4.31 Å². The molecule has 7 heteroatoms. The summed E-state index contributed by atoms with van der Waals surface area (Å²) in [4.78, 5) is 12.6. The summed E-state index contributed by atoms with van der Waals surface area (Å²) in [7, 11) is -2.05. The average molecular weight is 336 g/mol. The monoisotopic (exact) mass is 336 g/mol. The minimum atomic E-state index is -3.58. The van der Waals surface area contributed by atoms with Crippen LogP contribution in [0.2, 0.25) is 0 Å². The molecule has 2 atom stereocenters. The van der Waals surface area contributed by atoms with Gasteiger partial charge in [0.15, 0.2) is 4.75 Å². The molecule has 0 spiro atoms. The van der Waals surface area contributed by atoms with Crippen molar-refractivity contribution in [3.8, 4) is 5.75 Å². The third kappa shape index (κ3) is 2.53. The molecule has 1 amide bonds. The number of sulfonamides is 1. The molecule has 1 aromatic carbocycles. The van der Waals surface area contributed by atoms with Crippen LogP contribution in [0.15, 0.2) is 36.9 Å². The summed E-state index contributed by atoms with van der Waals surface area (Å²) < 4.78 is 30.4. The van der Waals surface area contributed by atoms with E-state index in [-0.39, 0.29) is 5.92 Å². The summed E-state index contributed by atoms with van der Waals surface area (Å²) in [6.45, 7) is 4.46. The molecule has 1 saturated heterocycles. The van der Waals surface area contributed by atoms with Crippen LogP contribution in [0.5, 0.6) is 5.75 Å². The Kier molecular flexibility index (Phi) is 3.93. The fourth-order valence-corrected chi connectivity index (χ4v) is 5.25. The SMILES string of the molecule is C=CCOc1ccc(NC(=O)[C@]23C[C@@H]2CCN(C)S3(=O)=O)cc1. The van der Waals surface area contributed by atoms with E-state index >= 15 is 0 Å². The van der Waals surface area contributed by atoms with Crippen LogP contribution in [0, 0.1) is 5.92 Å². The number of rotatable bonds is 5. The molecule has 3 rings (SSSR count). The van der Waals surface area contributed by atoms with E-state index < -0.39 is 20.7 Å². The van der Waals surface area contributed by atoms with Gasteiger partial charge in [0, 0.05) is 19.3 Å². The molecule has 1 heterocycles. The number of carbonyl (C=O) groups excluding carboxylic acids is 1. The lowest BCUT2D eigenvalue weighted by molar-refractivity contribution is -0.117. The van der Waals surface area contributed by atoms with Crippen LogP contribution >= 0.6 is 0 Å². The molecule has 1 aromatic rings. The first-order valence-electron chi connectivity index (χ1n) is 7.53. The van der Waals surface area contributed by atoms with Gasteiger partial charge >= 0.3 is 0 Å². The molecule has 6 nitrogen and oxygen atoms in total. The zero-order chi connectivity index (χ0) is 16.7. The third-order valence-electron chi connectivity index (χ3n) is 4.58. The number of hydrogen-bond donors (Lipinski definition) is 1. The van der Waals surface area contributed by atoms with Crippen molar-refractivity contribution in [2.24, 2.45) is 5.92 Å². The molecule has 0 radical (unpaired) electrons. The first kappa shape index (κ1) is 16.0. The van der Waals surface area contributed by atoms with Gasteiger partial charge in [-0.3, -0.25) is 4.79 Å². The molecule has 23 heavy (non-hydrogen) atoms. The highest BCUT2D eigenvalue weighted by Crippen LogP contribution is 2.56. The van der Waals surface area contributed by atoms with Crippen LogP contribution < -0.4 is 10.1 Å². The van der Waals surface area contributed by atoms with Crippen molar-refractivity contribution in [3.05, 3.63) is 36.9 Å². The van der Waals surface area contributed by atoms with E-state index in [1.54, 1.807) is 30.3 Å². The zero-order valence-corrected chi connectivity index (χ0v) is 13.8. The van der Waals surface area contributed by atoms with Gasteiger partial charge in [-0.25, -0.2) is 12.7 Å². The lowest BCUT2D eigenvalue weighted by Crippen LogP contribution is -2.50. The largest absolute Gasteiger partial charge is 0.490 e. The third-order valence-corrected chi connectivity index (χ3v) is 7.19. The van der Waals surface area contributed by atoms with Gasteiger partial charge in [-0.2, -0.15) is 0 Å². The standard InChI is InChI=1S/C16H20N2O4S/c1-3-10-22-14-6-4-13(5-7-14)17-15(19)16-11-12(16)8-9-18(2)23(16,20)21/h3-7,12H,1,8-11H2,2H3,(H,17,19)/t12-,16-/m0/s1. The van der Waals surface area contributed by atoms with Gasteiger partial charge in [0.25, 0.3) is 0 Å². The van der Waals surface area contributed by atoms with Gasteiger partial charge < -0.3 is 10.1 Å². The molecular formula is C16H20N2O4S. The van der Waals surface area contributed by atoms with Crippen LogP contribution in [-0.4, -0.2) is 43.6 Å². The number of amides is 1. The maximum absolute atomic E-state index is 12.6. The first-order valence-corrected chi connectivity index (χ1v) is 8.97. The topological polar surface area (TPSA) is 75.7 Å². The molecule has 0 bridgehead atoms. The molecule has 2 aliphatic rings. The maximum Gasteiger partial charge on any atom is 0.247 e. The smallest absolute Gasteiger partial charge is 0.247 e. The fourth-order valence-electron chi connectivity index (χ4n) is 3.12. The highest BCUT2D eigenvalue weighted by Gasteiger charge is 2.71. The Morgan fingerprint density at radius 3 is 2.83 bits per heavy atom. The number of nitrogens with one attached hydrogen (secondary N) is 1. The van der Waals surface area contributed by atoms with Gasteiger partial charge in [0.1, 0.15) is 12.4 Å². The average Bonchev–Trinajstić information content (AvgIpc) is 3.28. The van der Waals surface area contributed by atoms with Crippen LogP contribution in [0.3, 0.4) is 0 Å². The fraction of sp³-hybridized carbons (Fsp3) is 0.438. The van der Waals surface area contributed by atoms with E-state index in [1.807, 2.05) is 0 Å². The maximum atomic E-state index is 12.6. The molecular weight excluding hydrogens is 316 g/mol. The second kappa shape index (κ2) is 5.65. The summed E-state index contributed by atoms with van der Waals surface area (Å²) in [6.07, 6.45) is 2.79. The predicted octanol–water partition coefficient (Wildman–Crippen LogP) is 1.61. The Labute approximate surface area is 136 Å². The molecule has 1 aliphatic heterocycles. The molecule has 0 aromatic heterocycles. The number of nitrogens with zero attached hydrogens (tertiary/aromatic N) is 1. The number of ether oxygens (including phenoxy) is 1. The summed E-state index contributed by atoms with van der Waals surface area (Å²) in [5, 5.41) is 2.73. The van der Waals surface area contributed by atoms with E-state index in [0.29, 0.717) is 31.0 Å². The Morgan fingerprint density at radius 1 is 1.48 bits per heavy atom. The molecule has 1 saturated carbocycles. The van der Waals surface area contributed by atoms with Crippen LogP contribution in [0.4, 0.5) is 5.69 Å². The van der Waals surface area contributed by atoms with E-state index in [9.17, 15) is 13.2 Å². The highest BCUT2D eigenvalue weighted by molar-refractivity contribution is 7.91. The zero-order valence-electron chi connectivity index (χ0n) is 13.0. The van der Waals surface area contributed by atoms with Crippen LogP contribution in [-0.2, 0) is 14.8 Å². The van der Waals surface area contributed by atoms with Crippen molar-refractivity contribution >= 4 is 21.6 Å².